The molecule has 0 aliphatic rings. The van der Waals surface area contributed by atoms with Crippen LogP contribution in [0.5, 0.6) is 0 Å². The molecule has 0 aliphatic carbocycles. The van der Waals surface area contributed by atoms with E-state index in [0.29, 0.717) is 0 Å². The Morgan fingerprint density at radius 3 is 2.56 bits per heavy atom. The molecule has 100 valence electrons. The zero-order valence-electron chi connectivity index (χ0n) is 10.3. The lowest BCUT2D eigenvalue weighted by Crippen LogP contribution is -2.25. The Morgan fingerprint density at radius 1 is 1.39 bits per heavy atom. The van der Waals surface area contributed by atoms with Gasteiger partial charge in [-0.1, -0.05) is 12.1 Å². The van der Waals surface area contributed by atoms with Gasteiger partial charge in [-0.3, -0.25) is 4.79 Å². The van der Waals surface area contributed by atoms with E-state index < -0.39 is 10.0 Å². The van der Waals surface area contributed by atoms with Gasteiger partial charge in [-0.05, 0) is 26.1 Å². The van der Waals surface area contributed by atoms with Gasteiger partial charge in [0.2, 0.25) is 15.9 Å². The van der Waals surface area contributed by atoms with Crippen LogP contribution in [0.2, 0.25) is 0 Å². The van der Waals surface area contributed by atoms with Crippen LogP contribution in [0.1, 0.15) is 13.3 Å². The van der Waals surface area contributed by atoms with Gasteiger partial charge in [0.05, 0.1) is 5.69 Å². The summed E-state index contributed by atoms with van der Waals surface area (Å²) in [5.41, 5.74) is 5.75. The molecular weight excluding hydrogens is 254 g/mol. The molecule has 0 aromatic heterocycles. The first-order chi connectivity index (χ1) is 8.36. The van der Waals surface area contributed by atoms with E-state index in [-0.39, 0.29) is 29.0 Å². The number of sulfonamides is 1. The standard InChI is InChI=1S/C11H17N3O3S/c1-8(12)7-11(15)14-9-5-3-4-6-10(9)18(16,17)13-2/h3-6,8,13H,7,12H2,1-2H3,(H,14,15). The minimum absolute atomic E-state index is 0.0329. The number of nitrogens with two attached hydrogens (primary N) is 1. The largest absolute Gasteiger partial charge is 0.327 e. The monoisotopic (exact) mass is 271 g/mol. The molecule has 4 N–H and O–H groups in total. The summed E-state index contributed by atoms with van der Waals surface area (Å²) in [6.07, 6.45) is 0.133. The van der Waals surface area contributed by atoms with Gasteiger partial charge < -0.3 is 11.1 Å². The van der Waals surface area contributed by atoms with Crippen molar-refractivity contribution in [2.24, 2.45) is 5.73 Å². The summed E-state index contributed by atoms with van der Waals surface area (Å²) in [7, 11) is -2.28. The quantitative estimate of drug-likeness (QED) is 0.715. The maximum absolute atomic E-state index is 11.7. The fourth-order valence-corrected chi connectivity index (χ4v) is 2.29. The van der Waals surface area contributed by atoms with Gasteiger partial charge in [0, 0.05) is 12.5 Å². The van der Waals surface area contributed by atoms with E-state index in [2.05, 4.69) is 10.0 Å². The van der Waals surface area contributed by atoms with Crippen molar-refractivity contribution in [3.05, 3.63) is 24.3 Å². The minimum Gasteiger partial charge on any atom is -0.327 e. The number of carbonyl (C=O) groups is 1. The van der Waals surface area contributed by atoms with Crippen molar-refractivity contribution in [2.75, 3.05) is 12.4 Å². The molecule has 0 bridgehead atoms. The SMILES string of the molecule is CNS(=O)(=O)c1ccccc1NC(=O)CC(C)N. The van der Waals surface area contributed by atoms with Crippen molar-refractivity contribution < 1.29 is 13.2 Å². The van der Waals surface area contributed by atoms with Gasteiger partial charge in [-0.15, -0.1) is 0 Å². The number of benzene rings is 1. The molecule has 0 fully saturated rings. The van der Waals surface area contributed by atoms with Crippen LogP contribution in [0, 0.1) is 0 Å². The van der Waals surface area contributed by atoms with Gasteiger partial charge in [0.25, 0.3) is 0 Å². The Balaban J connectivity index is 3.01. The lowest BCUT2D eigenvalue weighted by Gasteiger charge is -2.11. The Labute approximate surface area is 107 Å². The molecule has 0 saturated heterocycles. The third kappa shape index (κ3) is 3.80. The van der Waals surface area contributed by atoms with Crippen LogP contribution in [-0.4, -0.2) is 27.4 Å². The summed E-state index contributed by atoms with van der Waals surface area (Å²) in [6, 6.07) is 5.91. The van der Waals surface area contributed by atoms with Gasteiger partial charge in [0.15, 0.2) is 0 Å². The van der Waals surface area contributed by atoms with Crippen molar-refractivity contribution in [3.63, 3.8) is 0 Å². The second-order valence-electron chi connectivity index (χ2n) is 3.93. The lowest BCUT2D eigenvalue weighted by atomic mass is 10.2. The maximum atomic E-state index is 11.7. The molecular formula is C11H17N3O3S. The fraction of sp³-hybridized carbons (Fsp3) is 0.364. The third-order valence-electron chi connectivity index (χ3n) is 2.23. The molecule has 1 aromatic rings. The average Bonchev–Trinajstić information content (AvgIpc) is 2.28. The van der Waals surface area contributed by atoms with E-state index in [4.69, 9.17) is 5.73 Å². The first kappa shape index (κ1) is 14.6. The van der Waals surface area contributed by atoms with E-state index in [1.165, 1.54) is 19.2 Å². The van der Waals surface area contributed by atoms with E-state index in [1.54, 1.807) is 19.1 Å². The Hall–Kier alpha value is -1.44. The highest BCUT2D eigenvalue weighted by atomic mass is 32.2. The third-order valence-corrected chi connectivity index (χ3v) is 3.70. The molecule has 18 heavy (non-hydrogen) atoms. The van der Waals surface area contributed by atoms with Crippen molar-refractivity contribution in [1.29, 1.82) is 0 Å². The van der Waals surface area contributed by atoms with E-state index in [9.17, 15) is 13.2 Å². The summed E-state index contributed by atoms with van der Waals surface area (Å²) in [5.74, 6) is -0.316. The second kappa shape index (κ2) is 5.94. The highest BCUT2D eigenvalue weighted by Crippen LogP contribution is 2.20. The lowest BCUT2D eigenvalue weighted by molar-refractivity contribution is -0.116. The Bertz CT molecular complexity index is 526. The van der Waals surface area contributed by atoms with Gasteiger partial charge in [0.1, 0.15) is 4.90 Å². The Morgan fingerprint density at radius 2 is 2.00 bits per heavy atom. The van der Waals surface area contributed by atoms with Crippen LogP contribution in [0.4, 0.5) is 5.69 Å². The number of carbonyl (C=O) groups excluding carboxylic acids is 1. The van der Waals surface area contributed by atoms with Crippen LogP contribution in [0.15, 0.2) is 29.2 Å². The smallest absolute Gasteiger partial charge is 0.242 e. The van der Waals surface area contributed by atoms with Crippen LogP contribution < -0.4 is 15.8 Å². The summed E-state index contributed by atoms with van der Waals surface area (Å²) >= 11 is 0. The fourth-order valence-electron chi connectivity index (χ4n) is 1.41. The number of rotatable bonds is 5. The van der Waals surface area contributed by atoms with Gasteiger partial charge in [-0.2, -0.15) is 0 Å². The maximum Gasteiger partial charge on any atom is 0.242 e. The van der Waals surface area contributed by atoms with Crippen molar-refractivity contribution >= 4 is 21.6 Å². The average molecular weight is 271 g/mol. The number of hydrogen-bond acceptors (Lipinski definition) is 4. The Kier molecular flexibility index (Phi) is 4.83. The molecule has 1 atom stereocenters. The highest BCUT2D eigenvalue weighted by Gasteiger charge is 2.17. The first-order valence-electron chi connectivity index (χ1n) is 5.45. The van der Waals surface area contributed by atoms with Crippen LogP contribution >= 0.6 is 0 Å². The predicted octanol–water partition coefficient (Wildman–Crippen LogP) is 0.271. The van der Waals surface area contributed by atoms with E-state index >= 15 is 0 Å². The van der Waals surface area contributed by atoms with Crippen LogP contribution in [0.25, 0.3) is 0 Å². The molecule has 0 saturated carbocycles. The van der Waals surface area contributed by atoms with Crippen molar-refractivity contribution in [1.82, 2.24) is 4.72 Å². The molecule has 0 spiro atoms. The number of anilines is 1. The first-order valence-corrected chi connectivity index (χ1v) is 6.93. The van der Waals surface area contributed by atoms with E-state index in [1.807, 2.05) is 0 Å². The van der Waals surface area contributed by atoms with E-state index in [0.717, 1.165) is 0 Å². The molecule has 6 nitrogen and oxygen atoms in total. The van der Waals surface area contributed by atoms with Crippen molar-refractivity contribution in [3.8, 4) is 0 Å². The van der Waals surface area contributed by atoms with Gasteiger partial charge in [-0.25, -0.2) is 13.1 Å². The molecule has 1 amide bonds. The molecule has 0 radical (unpaired) electrons. The summed E-state index contributed by atoms with van der Waals surface area (Å²) in [4.78, 5) is 11.6. The molecule has 7 heteroatoms. The number of amides is 1. The molecule has 0 aliphatic heterocycles. The second-order valence-corrected chi connectivity index (χ2v) is 5.79. The summed E-state index contributed by atoms with van der Waals surface area (Å²) in [6.45, 7) is 1.70. The topological polar surface area (TPSA) is 101 Å². The zero-order valence-corrected chi connectivity index (χ0v) is 11.1. The normalized spacial score (nSPS) is 13.1. The highest BCUT2D eigenvalue weighted by molar-refractivity contribution is 7.89. The molecule has 1 unspecified atom stereocenters. The molecule has 1 rings (SSSR count). The number of para-hydroxylation sites is 1. The zero-order chi connectivity index (χ0) is 13.8. The predicted molar refractivity (Wildman–Crippen MR) is 69.6 cm³/mol. The van der Waals surface area contributed by atoms with Crippen molar-refractivity contribution in [2.45, 2.75) is 24.3 Å². The molecule has 0 heterocycles. The molecule has 1 aromatic carbocycles. The van der Waals surface area contributed by atoms with Crippen LogP contribution in [0.3, 0.4) is 0 Å². The van der Waals surface area contributed by atoms with Crippen LogP contribution in [-0.2, 0) is 14.8 Å². The number of nitrogens with one attached hydrogen (secondary N) is 2. The summed E-state index contributed by atoms with van der Waals surface area (Å²) < 4.78 is 25.7. The van der Waals surface area contributed by atoms with Gasteiger partial charge >= 0.3 is 0 Å². The minimum atomic E-state index is -3.60. The number of hydrogen-bond donors (Lipinski definition) is 3. The summed E-state index contributed by atoms with van der Waals surface area (Å²) in [5, 5.41) is 2.54.